The molecule has 0 aliphatic rings. The summed E-state index contributed by atoms with van der Waals surface area (Å²) in [5.41, 5.74) is 8.36. The number of nitrogens with zero attached hydrogens (tertiary/aromatic N) is 1. The van der Waals surface area contributed by atoms with Crippen molar-refractivity contribution in [2.75, 3.05) is 4.90 Å². The Balaban J connectivity index is 1.13. The van der Waals surface area contributed by atoms with Crippen LogP contribution in [-0.4, -0.2) is 0 Å². The summed E-state index contributed by atoms with van der Waals surface area (Å²) in [4.78, 5) is 7.67. The van der Waals surface area contributed by atoms with Crippen molar-refractivity contribution in [3.8, 4) is 22.3 Å². The monoisotopic (exact) mass is 765 g/mol. The lowest BCUT2D eigenvalue weighted by molar-refractivity contribution is 1.23. The summed E-state index contributed by atoms with van der Waals surface area (Å²) in [6, 6.07) is 86.5. The van der Waals surface area contributed by atoms with Crippen LogP contribution in [0.3, 0.4) is 0 Å². The second-order valence-corrected chi connectivity index (χ2v) is 18.2. The Morgan fingerprint density at radius 1 is 0.298 bits per heavy atom. The van der Waals surface area contributed by atoms with Crippen molar-refractivity contribution in [3.05, 3.63) is 237 Å². The number of benzene rings is 9. The number of thiophene rings is 1. The summed E-state index contributed by atoms with van der Waals surface area (Å²) in [5.74, 6) is 0. The van der Waals surface area contributed by atoms with E-state index in [2.05, 4.69) is 241 Å². The van der Waals surface area contributed by atoms with Gasteiger partial charge in [0.1, 0.15) is 0 Å². The molecule has 10 aromatic rings. The summed E-state index contributed by atoms with van der Waals surface area (Å²) in [7, 11) is -1.80. The van der Waals surface area contributed by atoms with Crippen LogP contribution in [-0.2, 0) is 0 Å². The molecule has 1 aromatic heterocycles. The van der Waals surface area contributed by atoms with Gasteiger partial charge in [-0.15, -0.1) is 21.4 Å². The number of fused-ring (bicyclic) bond motifs is 3. The average molecular weight is 766 g/mol. The lowest BCUT2D eigenvalue weighted by Crippen LogP contribution is -2.10. The highest BCUT2D eigenvalue weighted by Crippen LogP contribution is 2.73. The Morgan fingerprint density at radius 3 is 1.28 bits per heavy atom. The number of anilines is 3. The molecule has 272 valence electrons. The summed E-state index contributed by atoms with van der Waals surface area (Å²) in [5, 5.41) is 2.56. The van der Waals surface area contributed by atoms with E-state index < -0.39 is 10.0 Å². The van der Waals surface area contributed by atoms with Crippen LogP contribution in [0.5, 0.6) is 0 Å². The minimum Gasteiger partial charge on any atom is -0.309 e. The van der Waals surface area contributed by atoms with E-state index in [-0.39, 0.29) is 0 Å². The lowest BCUT2D eigenvalue weighted by atomic mass is 9.99. The molecule has 3 heteroatoms. The smallest absolute Gasteiger partial charge is 0.0640 e. The molecular formula is C54H39NS2. The maximum Gasteiger partial charge on any atom is 0.0640 e. The standard InChI is InChI=1S/C54H39NS2/c1-6-18-40(19-7-1)41-32-34-42(35-33-41)49-28-16-29-50-51-30-17-31-52(54(51)56-53(49)50)55(43-20-8-2-9-21-43)44-36-38-48(39-37-44)57(45-22-10-3-11-23-45,46-24-12-4-13-25-46)47-26-14-5-15-27-47/h1-39H. The molecule has 0 radical (unpaired) electrons. The normalized spacial score (nSPS) is 11.8. The molecule has 0 saturated carbocycles. The van der Waals surface area contributed by atoms with Gasteiger partial charge in [-0.25, -0.2) is 0 Å². The molecular weight excluding hydrogens is 727 g/mol. The average Bonchev–Trinajstić information content (AvgIpc) is 3.69. The van der Waals surface area contributed by atoms with E-state index in [0.717, 1.165) is 11.4 Å². The van der Waals surface area contributed by atoms with Gasteiger partial charge in [-0.1, -0.05) is 158 Å². The lowest BCUT2D eigenvalue weighted by Gasteiger charge is -2.42. The summed E-state index contributed by atoms with van der Waals surface area (Å²) < 4.78 is 2.57. The Labute approximate surface area is 340 Å². The van der Waals surface area contributed by atoms with Crippen molar-refractivity contribution < 1.29 is 0 Å². The molecule has 0 atom stereocenters. The molecule has 0 aliphatic heterocycles. The van der Waals surface area contributed by atoms with Crippen LogP contribution >= 0.6 is 21.4 Å². The van der Waals surface area contributed by atoms with E-state index in [4.69, 9.17) is 0 Å². The van der Waals surface area contributed by atoms with Crippen molar-refractivity contribution >= 4 is 58.6 Å². The zero-order valence-electron chi connectivity index (χ0n) is 31.3. The van der Waals surface area contributed by atoms with Gasteiger partial charge in [-0.3, -0.25) is 0 Å². The molecule has 0 amide bonds. The van der Waals surface area contributed by atoms with Gasteiger partial charge in [0.05, 0.1) is 10.4 Å². The molecule has 0 spiro atoms. The van der Waals surface area contributed by atoms with E-state index in [9.17, 15) is 0 Å². The fourth-order valence-electron chi connectivity index (χ4n) is 8.18. The fourth-order valence-corrected chi connectivity index (χ4v) is 13.4. The van der Waals surface area contributed by atoms with Crippen LogP contribution < -0.4 is 4.90 Å². The molecule has 0 bridgehead atoms. The minimum atomic E-state index is -1.80. The van der Waals surface area contributed by atoms with Crippen molar-refractivity contribution in [1.29, 1.82) is 0 Å². The van der Waals surface area contributed by atoms with E-state index >= 15 is 0 Å². The van der Waals surface area contributed by atoms with Gasteiger partial charge in [0.25, 0.3) is 0 Å². The third-order valence-electron chi connectivity index (χ3n) is 10.8. The van der Waals surface area contributed by atoms with Gasteiger partial charge in [0, 0.05) is 46.4 Å². The molecule has 10 rings (SSSR count). The van der Waals surface area contributed by atoms with Crippen molar-refractivity contribution in [2.24, 2.45) is 0 Å². The zero-order chi connectivity index (χ0) is 38.0. The first-order chi connectivity index (χ1) is 28.3. The van der Waals surface area contributed by atoms with Crippen LogP contribution in [0.1, 0.15) is 0 Å². The molecule has 0 aliphatic carbocycles. The number of hydrogen-bond acceptors (Lipinski definition) is 2. The molecule has 0 saturated heterocycles. The maximum atomic E-state index is 2.43. The minimum absolute atomic E-state index is 1.12. The van der Waals surface area contributed by atoms with E-state index in [1.807, 2.05) is 11.3 Å². The Bertz CT molecular complexity index is 2810. The number of para-hydroxylation sites is 1. The molecule has 9 aromatic carbocycles. The topological polar surface area (TPSA) is 3.24 Å². The first kappa shape index (κ1) is 34.8. The predicted octanol–water partition coefficient (Wildman–Crippen LogP) is 16.2. The van der Waals surface area contributed by atoms with E-state index in [0.29, 0.717) is 0 Å². The van der Waals surface area contributed by atoms with Crippen LogP contribution in [0.4, 0.5) is 17.1 Å². The quantitative estimate of drug-likeness (QED) is 0.141. The van der Waals surface area contributed by atoms with Gasteiger partial charge in [0.15, 0.2) is 0 Å². The van der Waals surface area contributed by atoms with Gasteiger partial charge in [-0.05, 0) is 101 Å². The summed E-state index contributed by atoms with van der Waals surface area (Å²) >= 11 is 1.89. The van der Waals surface area contributed by atoms with E-state index in [1.54, 1.807) is 0 Å². The third kappa shape index (κ3) is 6.22. The van der Waals surface area contributed by atoms with Gasteiger partial charge < -0.3 is 4.90 Å². The van der Waals surface area contributed by atoms with Crippen LogP contribution in [0.25, 0.3) is 42.4 Å². The van der Waals surface area contributed by atoms with Crippen LogP contribution in [0, 0.1) is 0 Å². The van der Waals surface area contributed by atoms with Gasteiger partial charge >= 0.3 is 0 Å². The maximum absolute atomic E-state index is 2.43. The van der Waals surface area contributed by atoms with Crippen LogP contribution in [0.2, 0.25) is 0 Å². The number of hydrogen-bond donors (Lipinski definition) is 0. The molecule has 0 fully saturated rings. The van der Waals surface area contributed by atoms with Gasteiger partial charge in [0.2, 0.25) is 0 Å². The largest absolute Gasteiger partial charge is 0.309 e. The SMILES string of the molecule is c1ccc(-c2ccc(-c3cccc4c3sc3c(N(c5ccccc5)c5ccc(S(c6ccccc6)(c6ccccc6)c6ccccc6)cc5)cccc34)cc2)cc1. The molecule has 1 nitrogen and oxygen atoms in total. The van der Waals surface area contributed by atoms with Crippen molar-refractivity contribution in [1.82, 2.24) is 0 Å². The summed E-state index contributed by atoms with van der Waals surface area (Å²) in [6.45, 7) is 0. The Morgan fingerprint density at radius 2 is 0.719 bits per heavy atom. The molecule has 57 heavy (non-hydrogen) atoms. The highest BCUT2D eigenvalue weighted by atomic mass is 32.3. The first-order valence-electron chi connectivity index (χ1n) is 19.3. The second kappa shape index (κ2) is 15.1. The number of rotatable bonds is 9. The van der Waals surface area contributed by atoms with Crippen molar-refractivity contribution in [2.45, 2.75) is 19.6 Å². The fraction of sp³-hybridized carbons (Fsp3) is 0. The Hall–Kier alpha value is -6.65. The second-order valence-electron chi connectivity index (χ2n) is 14.1. The highest BCUT2D eigenvalue weighted by molar-refractivity contribution is 8.34. The zero-order valence-corrected chi connectivity index (χ0v) is 32.9. The van der Waals surface area contributed by atoms with Crippen molar-refractivity contribution in [3.63, 3.8) is 0 Å². The molecule has 1 heterocycles. The van der Waals surface area contributed by atoms with Gasteiger partial charge in [-0.2, -0.15) is 0 Å². The third-order valence-corrected chi connectivity index (χ3v) is 16.0. The van der Waals surface area contributed by atoms with Crippen LogP contribution in [0.15, 0.2) is 256 Å². The molecule has 0 unspecified atom stereocenters. The first-order valence-corrected chi connectivity index (χ1v) is 21.8. The molecule has 0 N–H and O–H groups in total. The predicted molar refractivity (Wildman–Crippen MR) is 245 cm³/mol. The summed E-state index contributed by atoms with van der Waals surface area (Å²) in [6.07, 6.45) is 0. The Kier molecular flexibility index (Phi) is 9.23. The van der Waals surface area contributed by atoms with E-state index in [1.165, 1.54) is 67.7 Å². The highest BCUT2D eigenvalue weighted by Gasteiger charge is 2.33.